The quantitative estimate of drug-likeness (QED) is 0.628. The fraction of sp³-hybridized carbons (Fsp3) is 0.529. The maximum absolute atomic E-state index is 13.5. The van der Waals surface area contributed by atoms with Crippen molar-refractivity contribution in [3.05, 3.63) is 18.0 Å². The molecule has 0 spiro atoms. The number of alkyl halides is 3. The first-order valence-corrected chi connectivity index (χ1v) is 12.2. The van der Waals surface area contributed by atoms with E-state index < -0.39 is 27.9 Å². The second-order valence-corrected chi connectivity index (χ2v) is 9.92. The Kier molecular flexibility index (Phi) is 7.19. The van der Waals surface area contributed by atoms with Crippen LogP contribution in [0.15, 0.2) is 12.4 Å². The van der Waals surface area contributed by atoms with E-state index in [0.29, 0.717) is 32.1 Å². The zero-order valence-electron chi connectivity index (χ0n) is 17.1. The molecule has 176 valence electrons. The first-order chi connectivity index (χ1) is 15.0. The SMILES string of the molecule is CCOC(=O)Nc1ncc(-c2nc(NC3CCN(S(C)(=O)=O)CC3)ncc2C(F)(F)F)s1. The van der Waals surface area contributed by atoms with Gasteiger partial charge in [0.2, 0.25) is 16.0 Å². The number of hydrogen-bond acceptors (Lipinski definition) is 9. The van der Waals surface area contributed by atoms with Crippen molar-refractivity contribution < 1.29 is 31.1 Å². The molecule has 0 bridgehead atoms. The maximum atomic E-state index is 13.5. The van der Waals surface area contributed by atoms with Crippen LogP contribution in [0.4, 0.5) is 29.0 Å². The number of hydrogen-bond donors (Lipinski definition) is 2. The molecule has 0 saturated carbocycles. The predicted octanol–water partition coefficient (Wildman–Crippen LogP) is 3.02. The smallest absolute Gasteiger partial charge is 0.420 e. The normalized spacial score (nSPS) is 16.0. The largest absolute Gasteiger partial charge is 0.450 e. The lowest BCUT2D eigenvalue weighted by Crippen LogP contribution is -2.42. The molecule has 0 unspecified atom stereocenters. The van der Waals surface area contributed by atoms with E-state index in [0.717, 1.165) is 17.6 Å². The van der Waals surface area contributed by atoms with Crippen LogP contribution in [0.3, 0.4) is 0 Å². The summed E-state index contributed by atoms with van der Waals surface area (Å²) in [6.45, 7) is 2.33. The molecule has 15 heteroatoms. The Balaban J connectivity index is 1.81. The van der Waals surface area contributed by atoms with Crippen LogP contribution >= 0.6 is 11.3 Å². The van der Waals surface area contributed by atoms with Crippen molar-refractivity contribution in [1.82, 2.24) is 19.3 Å². The molecule has 0 radical (unpaired) electrons. The van der Waals surface area contributed by atoms with Crippen molar-refractivity contribution in [3.63, 3.8) is 0 Å². The topological polar surface area (TPSA) is 126 Å². The van der Waals surface area contributed by atoms with Gasteiger partial charge in [-0.05, 0) is 19.8 Å². The van der Waals surface area contributed by atoms with Gasteiger partial charge in [0.25, 0.3) is 0 Å². The molecule has 1 fully saturated rings. The van der Waals surface area contributed by atoms with Crippen LogP contribution in [-0.2, 0) is 20.9 Å². The summed E-state index contributed by atoms with van der Waals surface area (Å²) in [7, 11) is -3.29. The Hall–Kier alpha value is -2.52. The number of ether oxygens (including phenoxy) is 1. The molecule has 1 aliphatic heterocycles. The molecular formula is C17H21F3N6O4S2. The Labute approximate surface area is 186 Å². The van der Waals surface area contributed by atoms with Gasteiger partial charge in [-0.1, -0.05) is 11.3 Å². The third kappa shape index (κ3) is 6.04. The van der Waals surface area contributed by atoms with Crippen LogP contribution in [0.2, 0.25) is 0 Å². The lowest BCUT2D eigenvalue weighted by atomic mass is 10.1. The van der Waals surface area contributed by atoms with Gasteiger partial charge in [0.1, 0.15) is 5.56 Å². The number of anilines is 2. The summed E-state index contributed by atoms with van der Waals surface area (Å²) in [5.41, 5.74) is -1.42. The highest BCUT2D eigenvalue weighted by molar-refractivity contribution is 7.88. The molecule has 10 nitrogen and oxygen atoms in total. The molecule has 3 heterocycles. The molecule has 1 amide bonds. The number of carbonyl (C=O) groups is 1. The average molecular weight is 495 g/mol. The van der Waals surface area contributed by atoms with Gasteiger partial charge in [-0.25, -0.2) is 32.5 Å². The summed E-state index contributed by atoms with van der Waals surface area (Å²) in [5, 5.41) is 5.38. The third-order valence-electron chi connectivity index (χ3n) is 4.57. The first kappa shape index (κ1) is 24.1. The van der Waals surface area contributed by atoms with E-state index >= 15 is 0 Å². The summed E-state index contributed by atoms with van der Waals surface area (Å²) in [6.07, 6.45) is -1.55. The zero-order chi connectivity index (χ0) is 23.5. The van der Waals surface area contributed by atoms with Gasteiger partial charge >= 0.3 is 12.3 Å². The van der Waals surface area contributed by atoms with E-state index in [1.54, 1.807) is 6.92 Å². The van der Waals surface area contributed by atoms with E-state index in [4.69, 9.17) is 4.74 Å². The molecule has 0 aromatic carbocycles. The molecule has 0 aliphatic carbocycles. The Morgan fingerprint density at radius 3 is 2.56 bits per heavy atom. The lowest BCUT2D eigenvalue weighted by molar-refractivity contribution is -0.137. The Bertz CT molecular complexity index is 1070. The van der Waals surface area contributed by atoms with E-state index in [2.05, 4.69) is 25.6 Å². The van der Waals surface area contributed by atoms with Crippen molar-refractivity contribution in [1.29, 1.82) is 0 Å². The number of piperidine rings is 1. The maximum Gasteiger partial charge on any atom is 0.420 e. The number of amides is 1. The number of nitrogens with zero attached hydrogens (tertiary/aromatic N) is 4. The van der Waals surface area contributed by atoms with Gasteiger partial charge in [0, 0.05) is 31.5 Å². The lowest BCUT2D eigenvalue weighted by Gasteiger charge is -2.30. The number of aromatic nitrogens is 3. The fourth-order valence-corrected chi connectivity index (χ4v) is 4.74. The number of halogens is 3. The van der Waals surface area contributed by atoms with Gasteiger partial charge in [-0.15, -0.1) is 0 Å². The van der Waals surface area contributed by atoms with E-state index in [9.17, 15) is 26.4 Å². The van der Waals surface area contributed by atoms with Crippen LogP contribution in [-0.4, -0.2) is 65.8 Å². The summed E-state index contributed by atoms with van der Waals surface area (Å²) >= 11 is 0.814. The highest BCUT2D eigenvalue weighted by Crippen LogP contribution is 2.39. The Morgan fingerprint density at radius 1 is 1.28 bits per heavy atom. The van der Waals surface area contributed by atoms with Crippen molar-refractivity contribution in [2.24, 2.45) is 0 Å². The number of carbonyl (C=O) groups excluding carboxylic acids is 1. The van der Waals surface area contributed by atoms with E-state index in [1.165, 1.54) is 10.5 Å². The number of sulfonamides is 1. The number of rotatable bonds is 6. The molecule has 2 N–H and O–H groups in total. The van der Waals surface area contributed by atoms with Gasteiger partial charge < -0.3 is 10.1 Å². The van der Waals surface area contributed by atoms with Gasteiger partial charge in [0.15, 0.2) is 5.13 Å². The van der Waals surface area contributed by atoms with Crippen LogP contribution in [0.25, 0.3) is 10.6 Å². The minimum atomic E-state index is -4.70. The zero-order valence-corrected chi connectivity index (χ0v) is 18.8. The van der Waals surface area contributed by atoms with Gasteiger partial charge in [0.05, 0.1) is 23.4 Å². The van der Waals surface area contributed by atoms with Crippen molar-refractivity contribution in [3.8, 4) is 10.6 Å². The Morgan fingerprint density at radius 2 is 1.97 bits per heavy atom. The molecule has 3 rings (SSSR count). The predicted molar refractivity (Wildman–Crippen MR) is 112 cm³/mol. The summed E-state index contributed by atoms with van der Waals surface area (Å²) in [5.74, 6) is -0.0147. The standard InChI is InChI=1S/C17H21F3N6O4S2/c1-3-30-16(27)25-15-22-9-12(31-15)13-11(17(18,19)20)8-21-14(24-13)23-10-4-6-26(7-5-10)32(2,28)29/h8-10H,3-7H2,1-2H3,(H,21,23,24)(H,22,25,27). The second kappa shape index (κ2) is 9.54. The monoisotopic (exact) mass is 494 g/mol. The molecule has 1 aliphatic rings. The van der Waals surface area contributed by atoms with Crippen molar-refractivity contribution in [2.75, 3.05) is 36.6 Å². The summed E-state index contributed by atoms with van der Waals surface area (Å²) < 4.78 is 69.9. The second-order valence-electron chi connectivity index (χ2n) is 6.91. The molecule has 1 saturated heterocycles. The summed E-state index contributed by atoms with van der Waals surface area (Å²) in [6, 6.07) is -0.194. The molecule has 32 heavy (non-hydrogen) atoms. The van der Waals surface area contributed by atoms with Crippen LogP contribution < -0.4 is 10.6 Å². The molecule has 2 aromatic rings. The van der Waals surface area contributed by atoms with Crippen LogP contribution in [0.5, 0.6) is 0 Å². The first-order valence-electron chi connectivity index (χ1n) is 9.53. The van der Waals surface area contributed by atoms with Crippen molar-refractivity contribution in [2.45, 2.75) is 32.0 Å². The minimum Gasteiger partial charge on any atom is -0.450 e. The minimum absolute atomic E-state index is 0.0147. The summed E-state index contributed by atoms with van der Waals surface area (Å²) in [4.78, 5) is 23.4. The number of nitrogens with one attached hydrogen (secondary N) is 2. The third-order valence-corrected chi connectivity index (χ3v) is 6.80. The van der Waals surface area contributed by atoms with Crippen LogP contribution in [0, 0.1) is 0 Å². The molecule has 2 aromatic heterocycles. The fourth-order valence-electron chi connectivity index (χ4n) is 3.06. The molecule has 0 atom stereocenters. The van der Waals surface area contributed by atoms with E-state index in [1.807, 2.05) is 0 Å². The number of thiazole rings is 1. The van der Waals surface area contributed by atoms with E-state index in [-0.39, 0.29) is 34.3 Å². The van der Waals surface area contributed by atoms with Crippen molar-refractivity contribution >= 4 is 38.5 Å². The highest BCUT2D eigenvalue weighted by Gasteiger charge is 2.36. The van der Waals surface area contributed by atoms with Crippen LogP contribution in [0.1, 0.15) is 25.3 Å². The van der Waals surface area contributed by atoms with Gasteiger partial charge in [-0.2, -0.15) is 13.2 Å². The highest BCUT2D eigenvalue weighted by atomic mass is 32.2. The average Bonchev–Trinajstić information content (AvgIpc) is 3.15. The van der Waals surface area contributed by atoms with Gasteiger partial charge in [-0.3, -0.25) is 5.32 Å². The molecular weight excluding hydrogens is 473 g/mol.